The van der Waals surface area contributed by atoms with E-state index < -0.39 is 0 Å². The van der Waals surface area contributed by atoms with Crippen LogP contribution in [0.5, 0.6) is 5.75 Å². The van der Waals surface area contributed by atoms with E-state index in [0.717, 1.165) is 34.3 Å². The Bertz CT molecular complexity index is 479. The molecular formula is C16H25NOS2. The van der Waals surface area contributed by atoms with Gasteiger partial charge in [-0.3, -0.25) is 0 Å². The second-order valence-electron chi connectivity index (χ2n) is 5.05. The van der Waals surface area contributed by atoms with Crippen LogP contribution in [0.25, 0.3) is 0 Å². The third-order valence-corrected chi connectivity index (χ3v) is 5.65. The predicted octanol–water partition coefficient (Wildman–Crippen LogP) is 4.49. The van der Waals surface area contributed by atoms with E-state index in [1.54, 1.807) is 11.8 Å². The van der Waals surface area contributed by atoms with Crippen molar-refractivity contribution in [3.05, 3.63) is 27.8 Å². The quantitative estimate of drug-likeness (QED) is 0.828. The standard InChI is InChI=1S/C16H25NOS2/c1-7-17(8-2)16(19)20-9-14-10(3)12(5)15(18)13(6)11(14)4/h18H,7-9H2,1-6H3. The predicted molar refractivity (Wildman–Crippen MR) is 93.9 cm³/mol. The van der Waals surface area contributed by atoms with Gasteiger partial charge in [0.2, 0.25) is 0 Å². The van der Waals surface area contributed by atoms with Gasteiger partial charge in [0.1, 0.15) is 10.1 Å². The van der Waals surface area contributed by atoms with Crippen molar-refractivity contribution in [2.75, 3.05) is 13.1 Å². The van der Waals surface area contributed by atoms with Gasteiger partial charge in [-0.1, -0.05) is 24.0 Å². The molecule has 0 radical (unpaired) electrons. The lowest BCUT2D eigenvalue weighted by Crippen LogP contribution is -2.26. The summed E-state index contributed by atoms with van der Waals surface area (Å²) < 4.78 is 0.956. The van der Waals surface area contributed by atoms with E-state index in [2.05, 4.69) is 32.6 Å². The van der Waals surface area contributed by atoms with Crippen LogP contribution in [0, 0.1) is 27.7 Å². The maximum Gasteiger partial charge on any atom is 0.136 e. The first-order valence-corrected chi connectivity index (χ1v) is 8.44. The maximum atomic E-state index is 10.1. The summed E-state index contributed by atoms with van der Waals surface area (Å²) in [6.45, 7) is 14.3. The molecule has 0 saturated heterocycles. The van der Waals surface area contributed by atoms with E-state index in [0.29, 0.717) is 5.75 Å². The van der Waals surface area contributed by atoms with Gasteiger partial charge in [0.25, 0.3) is 0 Å². The van der Waals surface area contributed by atoms with Crippen LogP contribution in [-0.4, -0.2) is 27.4 Å². The lowest BCUT2D eigenvalue weighted by atomic mass is 9.94. The minimum atomic E-state index is 0.431. The summed E-state index contributed by atoms with van der Waals surface area (Å²) in [5, 5.41) is 10.1. The van der Waals surface area contributed by atoms with Crippen molar-refractivity contribution < 1.29 is 5.11 Å². The van der Waals surface area contributed by atoms with Crippen LogP contribution < -0.4 is 0 Å². The molecule has 0 atom stereocenters. The van der Waals surface area contributed by atoms with Crippen LogP contribution in [0.3, 0.4) is 0 Å². The van der Waals surface area contributed by atoms with Gasteiger partial charge in [0, 0.05) is 18.8 Å². The third kappa shape index (κ3) is 3.47. The van der Waals surface area contributed by atoms with Gasteiger partial charge in [0.15, 0.2) is 0 Å². The Balaban J connectivity index is 2.97. The summed E-state index contributed by atoms with van der Waals surface area (Å²) in [7, 11) is 0. The molecule has 0 fully saturated rings. The molecule has 1 N–H and O–H groups in total. The average Bonchev–Trinajstić information content (AvgIpc) is 2.44. The molecule has 0 amide bonds. The molecule has 0 saturated carbocycles. The molecule has 0 aliphatic rings. The molecule has 0 aromatic heterocycles. The molecule has 20 heavy (non-hydrogen) atoms. The van der Waals surface area contributed by atoms with Crippen LogP contribution >= 0.6 is 24.0 Å². The van der Waals surface area contributed by atoms with Gasteiger partial charge in [-0.25, -0.2) is 0 Å². The second-order valence-corrected chi connectivity index (χ2v) is 6.66. The average molecular weight is 312 g/mol. The summed E-state index contributed by atoms with van der Waals surface area (Å²) in [4.78, 5) is 2.20. The van der Waals surface area contributed by atoms with Crippen LogP contribution in [0.1, 0.15) is 41.7 Å². The Kier molecular flexibility index (Phi) is 6.34. The first-order valence-electron chi connectivity index (χ1n) is 7.04. The number of phenols is 1. The highest BCUT2D eigenvalue weighted by atomic mass is 32.2. The molecule has 0 unspecified atom stereocenters. The van der Waals surface area contributed by atoms with Crippen molar-refractivity contribution in [2.45, 2.75) is 47.3 Å². The molecule has 2 nitrogen and oxygen atoms in total. The zero-order valence-electron chi connectivity index (χ0n) is 13.3. The SMILES string of the molecule is CCN(CC)C(=S)SCc1c(C)c(C)c(O)c(C)c1C. The largest absolute Gasteiger partial charge is 0.507 e. The minimum Gasteiger partial charge on any atom is -0.507 e. The highest BCUT2D eigenvalue weighted by Crippen LogP contribution is 2.33. The topological polar surface area (TPSA) is 23.5 Å². The number of nitrogens with zero attached hydrogens (tertiary/aromatic N) is 1. The fourth-order valence-corrected chi connectivity index (χ4v) is 3.87. The molecule has 0 aliphatic heterocycles. The zero-order chi connectivity index (χ0) is 15.4. The Hall–Kier alpha value is -0.740. The molecule has 112 valence electrons. The Morgan fingerprint density at radius 1 is 1.00 bits per heavy atom. The third-order valence-electron chi connectivity index (χ3n) is 4.10. The van der Waals surface area contributed by atoms with Crippen LogP contribution in [-0.2, 0) is 5.75 Å². The van der Waals surface area contributed by atoms with E-state index in [4.69, 9.17) is 12.2 Å². The summed E-state index contributed by atoms with van der Waals surface area (Å²) >= 11 is 7.20. The molecule has 1 aromatic rings. The number of rotatable bonds is 4. The van der Waals surface area contributed by atoms with E-state index in [9.17, 15) is 5.11 Å². The molecule has 1 aromatic carbocycles. The van der Waals surface area contributed by atoms with Crippen LogP contribution in [0.4, 0.5) is 0 Å². The van der Waals surface area contributed by atoms with Crippen molar-refractivity contribution in [3.8, 4) is 5.75 Å². The highest BCUT2D eigenvalue weighted by Gasteiger charge is 2.15. The van der Waals surface area contributed by atoms with Crippen LogP contribution in [0.2, 0.25) is 0 Å². The Labute approximate surface area is 132 Å². The van der Waals surface area contributed by atoms with Crippen LogP contribution in [0.15, 0.2) is 0 Å². The van der Waals surface area contributed by atoms with Crippen molar-refractivity contribution in [2.24, 2.45) is 0 Å². The maximum absolute atomic E-state index is 10.1. The van der Waals surface area contributed by atoms with Gasteiger partial charge in [-0.05, 0) is 69.4 Å². The monoisotopic (exact) mass is 311 g/mol. The van der Waals surface area contributed by atoms with Gasteiger partial charge in [-0.2, -0.15) is 0 Å². The highest BCUT2D eigenvalue weighted by molar-refractivity contribution is 8.22. The summed E-state index contributed by atoms with van der Waals surface area (Å²) in [6, 6.07) is 0. The van der Waals surface area contributed by atoms with E-state index in [1.807, 2.05) is 13.8 Å². The fraction of sp³-hybridized carbons (Fsp3) is 0.562. The molecule has 0 spiro atoms. The zero-order valence-corrected chi connectivity index (χ0v) is 15.0. The number of benzene rings is 1. The number of hydrogen-bond donors (Lipinski definition) is 1. The first kappa shape index (κ1) is 17.3. The summed E-state index contributed by atoms with van der Waals surface area (Å²) in [5.74, 6) is 1.30. The van der Waals surface area contributed by atoms with E-state index in [1.165, 1.54) is 16.7 Å². The lowest BCUT2D eigenvalue weighted by Gasteiger charge is -2.22. The minimum absolute atomic E-state index is 0.431. The molecular weight excluding hydrogens is 286 g/mol. The Morgan fingerprint density at radius 3 is 1.85 bits per heavy atom. The van der Waals surface area contributed by atoms with Gasteiger partial charge >= 0.3 is 0 Å². The van der Waals surface area contributed by atoms with Crippen molar-refractivity contribution in [1.29, 1.82) is 0 Å². The fourth-order valence-electron chi connectivity index (χ4n) is 2.29. The van der Waals surface area contributed by atoms with Crippen molar-refractivity contribution >= 4 is 28.3 Å². The van der Waals surface area contributed by atoms with E-state index in [-0.39, 0.29) is 0 Å². The van der Waals surface area contributed by atoms with Gasteiger partial charge < -0.3 is 10.0 Å². The normalized spacial score (nSPS) is 10.7. The molecule has 4 heteroatoms. The lowest BCUT2D eigenvalue weighted by molar-refractivity contribution is 0.465. The molecule has 0 bridgehead atoms. The number of thioether (sulfide) groups is 1. The van der Waals surface area contributed by atoms with Crippen molar-refractivity contribution in [3.63, 3.8) is 0 Å². The van der Waals surface area contributed by atoms with E-state index >= 15 is 0 Å². The summed E-state index contributed by atoms with van der Waals surface area (Å²) in [5.41, 5.74) is 5.63. The first-order chi connectivity index (χ1) is 9.34. The molecule has 1 rings (SSSR count). The number of hydrogen-bond acceptors (Lipinski definition) is 3. The molecule has 0 aliphatic carbocycles. The summed E-state index contributed by atoms with van der Waals surface area (Å²) in [6.07, 6.45) is 0. The van der Waals surface area contributed by atoms with Gasteiger partial charge in [0.05, 0.1) is 0 Å². The molecule has 0 heterocycles. The van der Waals surface area contributed by atoms with Crippen molar-refractivity contribution in [1.82, 2.24) is 4.90 Å². The van der Waals surface area contributed by atoms with Gasteiger partial charge in [-0.15, -0.1) is 0 Å². The second kappa shape index (κ2) is 7.32. The Morgan fingerprint density at radius 2 is 1.45 bits per heavy atom. The number of thiocarbonyl (C=S) groups is 1. The number of phenolic OH excluding ortho intramolecular Hbond substituents is 1. The number of aromatic hydroxyl groups is 1. The smallest absolute Gasteiger partial charge is 0.136 e.